The second-order valence-electron chi connectivity index (χ2n) is 12.2. The first kappa shape index (κ1) is 40.0. The Labute approximate surface area is 275 Å². The second kappa shape index (κ2) is 25.2. The fourth-order valence-electron chi connectivity index (χ4n) is 5.16. The number of nitrogens with zero attached hydrogens (tertiary/aromatic N) is 1. The van der Waals surface area contributed by atoms with Gasteiger partial charge in [-0.2, -0.15) is 0 Å². The molecule has 1 heterocycles. The molecule has 0 saturated heterocycles. The van der Waals surface area contributed by atoms with Crippen LogP contribution >= 0.6 is 8.73 Å². The monoisotopic (exact) mass is 618 g/mol. The van der Waals surface area contributed by atoms with E-state index in [1.165, 1.54) is 89.0 Å². The van der Waals surface area contributed by atoms with Gasteiger partial charge in [-0.1, -0.05) is 133 Å². The zero-order valence-electron chi connectivity index (χ0n) is 28.8. The van der Waals surface area contributed by atoms with Crippen LogP contribution in [-0.2, 0) is 5.24 Å². The van der Waals surface area contributed by atoms with Crippen LogP contribution in [0.2, 0.25) is 0 Å². The lowest BCUT2D eigenvalue weighted by molar-refractivity contribution is 0.218. The van der Waals surface area contributed by atoms with Crippen molar-refractivity contribution in [3.05, 3.63) is 84.8 Å². The van der Waals surface area contributed by atoms with Gasteiger partial charge in [0.05, 0.1) is 5.24 Å². The fraction of sp³-hybridized carbons (Fsp3) is 0.590. The third-order valence-electron chi connectivity index (χ3n) is 8.00. The molecule has 1 aromatic carbocycles. The molecule has 2 N–H and O–H groups in total. The van der Waals surface area contributed by atoms with E-state index in [0.717, 1.165) is 54.3 Å². The van der Waals surface area contributed by atoms with Gasteiger partial charge in [0.15, 0.2) is 0 Å². The second-order valence-corrected chi connectivity index (χ2v) is 13.8. The molecule has 0 fully saturated rings. The van der Waals surface area contributed by atoms with Crippen molar-refractivity contribution in [2.45, 2.75) is 142 Å². The number of aliphatic hydroxyl groups is 1. The summed E-state index contributed by atoms with van der Waals surface area (Å²) < 4.78 is 2.01. The van der Waals surface area contributed by atoms with E-state index in [9.17, 15) is 5.11 Å². The lowest BCUT2D eigenvalue weighted by Crippen LogP contribution is -2.24. The maximum atomic E-state index is 11.0. The SMILES string of the molecule is CCCCC.[B]C(O)(PN(C)C(=C)CCCC(=C)CCCCCCC/C=C\C/C=C\CCCCC)c1c[nH]c2ccccc12. The molecule has 0 aliphatic rings. The molecule has 2 atom stereocenters. The lowest BCUT2D eigenvalue weighted by Gasteiger charge is -2.32. The van der Waals surface area contributed by atoms with Crippen molar-refractivity contribution in [1.29, 1.82) is 0 Å². The Morgan fingerprint density at radius 3 is 2.07 bits per heavy atom. The van der Waals surface area contributed by atoms with Crippen LogP contribution in [0.5, 0.6) is 0 Å². The molecule has 1 aromatic heterocycles. The van der Waals surface area contributed by atoms with E-state index in [1.807, 2.05) is 42.2 Å². The highest BCUT2D eigenvalue weighted by molar-refractivity contribution is 7.39. The lowest BCUT2D eigenvalue weighted by atomic mass is 9.91. The number of benzene rings is 1. The molecule has 2 radical (unpaired) electrons. The quantitative estimate of drug-likeness (QED) is 0.0532. The predicted molar refractivity (Wildman–Crippen MR) is 201 cm³/mol. The molecule has 0 saturated carbocycles. The van der Waals surface area contributed by atoms with Gasteiger partial charge >= 0.3 is 0 Å². The highest BCUT2D eigenvalue weighted by atomic mass is 31.1. The molecule has 2 rings (SSSR count). The third-order valence-corrected chi connectivity index (χ3v) is 9.26. The summed E-state index contributed by atoms with van der Waals surface area (Å²) in [7, 11) is 8.31. The summed E-state index contributed by atoms with van der Waals surface area (Å²) in [5, 5.41) is 10.6. The number of rotatable bonds is 24. The van der Waals surface area contributed by atoms with Gasteiger partial charge in [0, 0.05) is 44.1 Å². The van der Waals surface area contributed by atoms with Gasteiger partial charge in [-0.15, -0.1) is 0 Å². The van der Waals surface area contributed by atoms with Crippen LogP contribution in [0.15, 0.2) is 79.2 Å². The summed E-state index contributed by atoms with van der Waals surface area (Å²) in [6.07, 6.45) is 33.2. The number of H-pyrrole nitrogens is 1. The molecule has 0 amide bonds. The number of hydrogen-bond acceptors (Lipinski definition) is 2. The van der Waals surface area contributed by atoms with Crippen LogP contribution in [0.1, 0.15) is 142 Å². The normalized spacial score (nSPS) is 13.1. The van der Waals surface area contributed by atoms with E-state index in [4.69, 9.17) is 7.85 Å². The third kappa shape index (κ3) is 18.1. The fourth-order valence-corrected chi connectivity index (χ4v) is 6.27. The molecular weight excluding hydrogens is 554 g/mol. The summed E-state index contributed by atoms with van der Waals surface area (Å²) in [6, 6.07) is 7.91. The van der Waals surface area contributed by atoms with Crippen molar-refractivity contribution in [1.82, 2.24) is 9.65 Å². The Balaban J connectivity index is 0.00000178. The van der Waals surface area contributed by atoms with Crippen molar-refractivity contribution < 1.29 is 5.11 Å². The standard InChI is InChI=1S/C34H52BN2OP.C5H12/c1-5-6-7-8-9-10-11-12-13-14-15-16-17-18-19-23-29(2)24-22-25-30(3)37(4)39-34(35,38)32-28-36-33-27-21-20-26-31(32)33;1-3-5-4-2/h9-10,12-13,20-21,26-28,36,38-39H,2-3,5-8,11,14-19,22-25H2,1,4H3;3-5H2,1-2H3/b10-9-,13-12-;. The van der Waals surface area contributed by atoms with Crippen molar-refractivity contribution in [3.8, 4) is 0 Å². The number of unbranched alkanes of at least 4 members (excludes halogenated alkanes) is 10. The zero-order chi connectivity index (χ0) is 32.5. The number of hydrogen-bond donors (Lipinski definition) is 2. The van der Waals surface area contributed by atoms with E-state index < -0.39 is 5.24 Å². The molecule has 0 bridgehead atoms. The average molecular weight is 619 g/mol. The summed E-state index contributed by atoms with van der Waals surface area (Å²) in [4.78, 5) is 3.20. The summed E-state index contributed by atoms with van der Waals surface area (Å²) >= 11 is 0. The molecule has 0 aliphatic carbocycles. The Bertz CT molecular complexity index is 1080. The smallest absolute Gasteiger partial charge is 0.128 e. The van der Waals surface area contributed by atoms with Gasteiger partial charge < -0.3 is 14.8 Å². The van der Waals surface area contributed by atoms with Crippen molar-refractivity contribution >= 4 is 27.5 Å². The first-order valence-electron chi connectivity index (χ1n) is 17.5. The van der Waals surface area contributed by atoms with Crippen molar-refractivity contribution in [3.63, 3.8) is 0 Å². The molecule has 2 unspecified atom stereocenters. The largest absolute Gasteiger partial charge is 0.389 e. The highest BCUT2D eigenvalue weighted by Crippen LogP contribution is 2.43. The zero-order valence-corrected chi connectivity index (χ0v) is 29.8. The van der Waals surface area contributed by atoms with Gasteiger partial charge in [0.1, 0.15) is 7.85 Å². The number of para-hydroxylation sites is 1. The number of allylic oxidation sites excluding steroid dienone is 6. The van der Waals surface area contributed by atoms with E-state index in [2.05, 4.69) is 63.2 Å². The van der Waals surface area contributed by atoms with Crippen LogP contribution in [0, 0.1) is 0 Å². The maximum Gasteiger partial charge on any atom is 0.128 e. The number of nitrogens with one attached hydrogen (secondary N) is 1. The van der Waals surface area contributed by atoms with Crippen LogP contribution in [-0.4, -0.2) is 29.7 Å². The first-order valence-corrected chi connectivity index (χ1v) is 18.4. The minimum absolute atomic E-state index is 0.00749. The van der Waals surface area contributed by atoms with E-state index >= 15 is 0 Å². The highest BCUT2D eigenvalue weighted by Gasteiger charge is 2.28. The van der Waals surface area contributed by atoms with Gasteiger partial charge in [0.25, 0.3) is 0 Å². The van der Waals surface area contributed by atoms with E-state index in [0.29, 0.717) is 0 Å². The average Bonchev–Trinajstić information content (AvgIpc) is 3.45. The molecule has 2 aromatic rings. The molecule has 0 aliphatic heterocycles. The predicted octanol–water partition coefficient (Wildman–Crippen LogP) is 12.2. The Morgan fingerprint density at radius 1 is 0.818 bits per heavy atom. The number of fused-ring (bicyclic) bond motifs is 1. The van der Waals surface area contributed by atoms with Crippen molar-refractivity contribution in [2.24, 2.45) is 0 Å². The van der Waals surface area contributed by atoms with Crippen molar-refractivity contribution in [2.75, 3.05) is 7.05 Å². The summed E-state index contributed by atoms with van der Waals surface area (Å²) in [6.45, 7) is 15.2. The van der Waals surface area contributed by atoms with Crippen LogP contribution in [0.3, 0.4) is 0 Å². The Morgan fingerprint density at radius 2 is 1.41 bits per heavy atom. The topological polar surface area (TPSA) is 39.3 Å². The maximum absolute atomic E-state index is 11.0. The van der Waals surface area contributed by atoms with Gasteiger partial charge in [-0.25, -0.2) is 0 Å². The summed E-state index contributed by atoms with van der Waals surface area (Å²) in [5.41, 5.74) is 4.04. The molecule has 44 heavy (non-hydrogen) atoms. The number of aromatic nitrogens is 1. The first-order chi connectivity index (χ1) is 21.3. The van der Waals surface area contributed by atoms with E-state index in [1.54, 1.807) is 0 Å². The van der Waals surface area contributed by atoms with Gasteiger partial charge in [-0.05, 0) is 70.3 Å². The Kier molecular flexibility index (Phi) is 22.9. The van der Waals surface area contributed by atoms with Gasteiger partial charge in [0.2, 0.25) is 0 Å². The van der Waals surface area contributed by atoms with E-state index in [-0.39, 0.29) is 8.73 Å². The minimum Gasteiger partial charge on any atom is -0.389 e. The van der Waals surface area contributed by atoms with Gasteiger partial charge in [-0.3, -0.25) is 0 Å². The molecule has 244 valence electrons. The molecule has 0 spiro atoms. The molecule has 3 nitrogen and oxygen atoms in total. The molecule has 5 heteroatoms. The summed E-state index contributed by atoms with van der Waals surface area (Å²) in [5.74, 6) is 0. The molecular formula is C39H64BN2OP. The van der Waals surface area contributed by atoms with Crippen LogP contribution in [0.4, 0.5) is 0 Å². The van der Waals surface area contributed by atoms with Crippen LogP contribution < -0.4 is 0 Å². The number of aromatic amines is 1. The van der Waals surface area contributed by atoms with Crippen LogP contribution in [0.25, 0.3) is 10.9 Å². The minimum atomic E-state index is -1.43. The Hall–Kier alpha value is -2.03.